The number of β-amino-alcohol motifs (C(OH)–C–C–N with tert-alkyl or cyclic N) is 1. The quantitative estimate of drug-likeness (QED) is 0.854. The molecule has 1 fully saturated rings. The molecule has 144 valence electrons. The van der Waals surface area contributed by atoms with Crippen molar-refractivity contribution in [1.29, 1.82) is 0 Å². The topological polar surface area (TPSA) is 91.6 Å². The van der Waals surface area contributed by atoms with Crippen molar-refractivity contribution >= 4 is 23.2 Å². The molecule has 2 atom stereocenters. The van der Waals surface area contributed by atoms with Crippen molar-refractivity contribution in [1.82, 2.24) is 24.6 Å². The van der Waals surface area contributed by atoms with Gasteiger partial charge in [0.05, 0.1) is 23.6 Å². The van der Waals surface area contributed by atoms with Gasteiger partial charge in [-0.2, -0.15) is 0 Å². The van der Waals surface area contributed by atoms with Crippen molar-refractivity contribution < 1.29 is 14.7 Å². The molecule has 0 aliphatic carbocycles. The monoisotopic (exact) mass is 389 g/mol. The van der Waals surface area contributed by atoms with Gasteiger partial charge < -0.3 is 19.5 Å². The molecule has 0 saturated carbocycles. The lowest BCUT2D eigenvalue weighted by Gasteiger charge is -2.30. The number of carbonyl (C=O) groups excluding carboxylic acids is 2. The maximum Gasteiger partial charge on any atom is 0.264 e. The summed E-state index contributed by atoms with van der Waals surface area (Å²) in [6, 6.07) is 3.43. The number of aliphatic hydroxyl groups excluding tert-OH is 1. The van der Waals surface area contributed by atoms with Gasteiger partial charge in [-0.3, -0.25) is 9.59 Å². The molecule has 8 nitrogen and oxygen atoms in total. The number of thiophene rings is 1. The molecule has 0 aromatic carbocycles. The number of amides is 2. The Morgan fingerprint density at radius 1 is 1.30 bits per heavy atom. The fourth-order valence-corrected chi connectivity index (χ4v) is 4.48. The lowest BCUT2D eigenvalue weighted by molar-refractivity contribution is -0.135. The molecule has 2 aromatic rings. The Morgan fingerprint density at radius 2 is 2.11 bits per heavy atom. The van der Waals surface area contributed by atoms with E-state index in [1.807, 2.05) is 35.9 Å². The van der Waals surface area contributed by atoms with E-state index in [0.29, 0.717) is 38.4 Å². The Morgan fingerprint density at radius 3 is 2.81 bits per heavy atom. The number of carbonyl (C=O) groups is 2. The summed E-state index contributed by atoms with van der Waals surface area (Å²) in [4.78, 5) is 29.3. The largest absolute Gasteiger partial charge is 0.391 e. The van der Waals surface area contributed by atoms with Gasteiger partial charge in [-0.15, -0.1) is 21.5 Å². The first kappa shape index (κ1) is 18.1. The van der Waals surface area contributed by atoms with Crippen LogP contribution in [-0.4, -0.2) is 60.7 Å². The molecule has 2 aliphatic rings. The molecule has 1 N–H and O–H groups in total. The first-order chi connectivity index (χ1) is 13.0. The summed E-state index contributed by atoms with van der Waals surface area (Å²) in [5.74, 6) is 1.31. The molecule has 0 radical (unpaired) electrons. The van der Waals surface area contributed by atoms with Gasteiger partial charge in [0, 0.05) is 32.0 Å². The lowest BCUT2D eigenvalue weighted by Crippen LogP contribution is -2.40. The van der Waals surface area contributed by atoms with E-state index < -0.39 is 6.10 Å². The Bertz CT molecular complexity index is 847. The van der Waals surface area contributed by atoms with Gasteiger partial charge in [0.15, 0.2) is 11.6 Å². The summed E-state index contributed by atoms with van der Waals surface area (Å²) in [5, 5.41) is 20.6. The summed E-state index contributed by atoms with van der Waals surface area (Å²) in [7, 11) is 0. The highest BCUT2D eigenvalue weighted by molar-refractivity contribution is 7.12. The number of nitrogens with zero attached hydrogens (tertiary/aromatic N) is 5. The molecule has 2 aliphatic heterocycles. The van der Waals surface area contributed by atoms with E-state index in [-0.39, 0.29) is 23.8 Å². The average Bonchev–Trinajstić information content (AvgIpc) is 3.38. The van der Waals surface area contributed by atoms with Crippen molar-refractivity contribution in [2.75, 3.05) is 13.1 Å². The second-order valence-electron chi connectivity index (χ2n) is 7.38. The van der Waals surface area contributed by atoms with Crippen LogP contribution in [0.15, 0.2) is 17.5 Å². The molecular weight excluding hydrogens is 366 g/mol. The predicted octanol–water partition coefficient (Wildman–Crippen LogP) is 1.29. The van der Waals surface area contributed by atoms with Crippen LogP contribution in [0.3, 0.4) is 0 Å². The number of fused-ring (bicyclic) bond motifs is 1. The molecule has 0 unspecified atom stereocenters. The van der Waals surface area contributed by atoms with Crippen LogP contribution < -0.4 is 0 Å². The van der Waals surface area contributed by atoms with Crippen LogP contribution in [0.25, 0.3) is 0 Å². The van der Waals surface area contributed by atoms with Crippen LogP contribution in [0.1, 0.15) is 47.6 Å². The van der Waals surface area contributed by atoms with Crippen LogP contribution >= 0.6 is 11.3 Å². The number of hydrogen-bond acceptors (Lipinski definition) is 6. The zero-order valence-corrected chi connectivity index (χ0v) is 16.2. The molecule has 4 rings (SSSR count). The Kier molecular flexibility index (Phi) is 4.73. The summed E-state index contributed by atoms with van der Waals surface area (Å²) in [6.45, 7) is 5.60. The SMILES string of the molecule is CC(C)C(=O)N1C[C@H](O)C[C@H]1c1nnc2n1CCN(C(=O)c1cccs1)C2. The summed E-state index contributed by atoms with van der Waals surface area (Å²) in [5.41, 5.74) is 0. The van der Waals surface area contributed by atoms with Crippen molar-refractivity contribution in [3.05, 3.63) is 34.0 Å². The van der Waals surface area contributed by atoms with E-state index in [0.717, 1.165) is 10.7 Å². The van der Waals surface area contributed by atoms with Crippen LogP contribution in [-0.2, 0) is 17.9 Å². The second-order valence-corrected chi connectivity index (χ2v) is 8.33. The van der Waals surface area contributed by atoms with E-state index in [4.69, 9.17) is 0 Å². The molecule has 0 bridgehead atoms. The molecule has 0 spiro atoms. The Labute approximate surface area is 161 Å². The van der Waals surface area contributed by atoms with Crippen molar-refractivity contribution in [2.45, 2.75) is 45.5 Å². The molecule has 2 amide bonds. The summed E-state index contributed by atoms with van der Waals surface area (Å²) < 4.78 is 2.00. The molecule has 1 saturated heterocycles. The minimum Gasteiger partial charge on any atom is -0.391 e. The van der Waals surface area contributed by atoms with Crippen LogP contribution in [0.5, 0.6) is 0 Å². The average molecular weight is 389 g/mol. The fourth-order valence-electron chi connectivity index (χ4n) is 3.79. The highest BCUT2D eigenvalue weighted by Gasteiger charge is 2.40. The molecular formula is C18H23N5O3S. The smallest absolute Gasteiger partial charge is 0.264 e. The zero-order valence-electron chi connectivity index (χ0n) is 15.4. The fraction of sp³-hybridized carbons (Fsp3) is 0.556. The number of hydrogen-bond donors (Lipinski definition) is 1. The van der Waals surface area contributed by atoms with Gasteiger partial charge in [0.25, 0.3) is 5.91 Å². The van der Waals surface area contributed by atoms with Crippen LogP contribution in [0.4, 0.5) is 0 Å². The third kappa shape index (κ3) is 3.25. The standard InChI is InChI=1S/C18H23N5O3S/c1-11(2)17(25)23-9-12(24)8-13(23)16-20-19-15-10-21(5-6-22(15)16)18(26)14-4-3-7-27-14/h3-4,7,11-13,24H,5-6,8-10H2,1-2H3/t12-,13+/m1/s1. The van der Waals surface area contributed by atoms with Gasteiger partial charge in [-0.25, -0.2) is 0 Å². The number of likely N-dealkylation sites (tertiary alicyclic amines) is 1. The minimum absolute atomic E-state index is 0.00806. The van der Waals surface area contributed by atoms with Gasteiger partial charge >= 0.3 is 0 Å². The number of rotatable bonds is 3. The van der Waals surface area contributed by atoms with Gasteiger partial charge in [-0.1, -0.05) is 19.9 Å². The van der Waals surface area contributed by atoms with Gasteiger partial charge in [0.2, 0.25) is 5.91 Å². The van der Waals surface area contributed by atoms with Crippen molar-refractivity contribution in [3.63, 3.8) is 0 Å². The normalized spacial score (nSPS) is 22.4. The van der Waals surface area contributed by atoms with E-state index in [1.54, 1.807) is 9.80 Å². The maximum absolute atomic E-state index is 12.6. The number of aliphatic hydroxyl groups is 1. The molecule has 9 heteroatoms. The lowest BCUT2D eigenvalue weighted by atomic mass is 10.1. The molecule has 2 aromatic heterocycles. The minimum atomic E-state index is -0.550. The highest BCUT2D eigenvalue weighted by atomic mass is 32.1. The first-order valence-electron chi connectivity index (χ1n) is 9.19. The molecule has 4 heterocycles. The highest BCUT2D eigenvalue weighted by Crippen LogP contribution is 2.33. The van der Waals surface area contributed by atoms with E-state index in [9.17, 15) is 14.7 Å². The summed E-state index contributed by atoms with van der Waals surface area (Å²) in [6.07, 6.45) is -0.0832. The van der Waals surface area contributed by atoms with Gasteiger partial charge in [0.1, 0.15) is 0 Å². The molecule has 27 heavy (non-hydrogen) atoms. The Balaban J connectivity index is 1.56. The van der Waals surface area contributed by atoms with E-state index >= 15 is 0 Å². The van der Waals surface area contributed by atoms with Crippen LogP contribution in [0.2, 0.25) is 0 Å². The van der Waals surface area contributed by atoms with Crippen molar-refractivity contribution in [3.8, 4) is 0 Å². The second kappa shape index (κ2) is 7.05. The predicted molar refractivity (Wildman–Crippen MR) is 99.0 cm³/mol. The first-order valence-corrected chi connectivity index (χ1v) is 10.1. The van der Waals surface area contributed by atoms with Gasteiger partial charge in [-0.05, 0) is 11.4 Å². The number of aromatic nitrogens is 3. The Hall–Kier alpha value is -2.26. The third-order valence-electron chi connectivity index (χ3n) is 5.16. The van der Waals surface area contributed by atoms with Crippen molar-refractivity contribution in [2.24, 2.45) is 5.92 Å². The summed E-state index contributed by atoms with van der Waals surface area (Å²) >= 11 is 1.43. The van der Waals surface area contributed by atoms with E-state index in [1.165, 1.54) is 11.3 Å². The zero-order chi connectivity index (χ0) is 19.1. The van der Waals surface area contributed by atoms with E-state index in [2.05, 4.69) is 10.2 Å². The third-order valence-corrected chi connectivity index (χ3v) is 6.01. The maximum atomic E-state index is 12.6. The van der Waals surface area contributed by atoms with Crippen LogP contribution in [0, 0.1) is 5.92 Å².